The zero-order valence-corrected chi connectivity index (χ0v) is 23.4. The van der Waals surface area contributed by atoms with Gasteiger partial charge in [-0.3, -0.25) is 9.59 Å². The van der Waals surface area contributed by atoms with E-state index in [2.05, 4.69) is 9.62 Å². The molecule has 2 aromatic rings. The van der Waals surface area contributed by atoms with Crippen molar-refractivity contribution in [2.45, 2.75) is 54.8 Å². The minimum absolute atomic E-state index is 0.00650. The van der Waals surface area contributed by atoms with Gasteiger partial charge >= 0.3 is 0 Å². The quantitative estimate of drug-likeness (QED) is 0.507. The molecule has 4 heterocycles. The van der Waals surface area contributed by atoms with Crippen molar-refractivity contribution in [2.24, 2.45) is 0 Å². The highest BCUT2D eigenvalue weighted by atomic mass is 32.2. The van der Waals surface area contributed by atoms with Crippen LogP contribution in [0.1, 0.15) is 38.5 Å². The third kappa shape index (κ3) is 6.06. The van der Waals surface area contributed by atoms with E-state index in [0.717, 1.165) is 60.8 Å². The van der Waals surface area contributed by atoms with Crippen LogP contribution in [-0.4, -0.2) is 93.4 Å². The Morgan fingerprint density at radius 1 is 1.05 bits per heavy atom. The van der Waals surface area contributed by atoms with Gasteiger partial charge in [0.1, 0.15) is 16.0 Å². The summed E-state index contributed by atoms with van der Waals surface area (Å²) in [5, 5.41) is 0. The molecular formula is C27H36N4O5S2. The lowest BCUT2D eigenvalue weighted by Gasteiger charge is -2.34. The minimum Gasteiger partial charge on any atom is -0.497 e. The molecule has 5 rings (SSSR count). The lowest BCUT2D eigenvalue weighted by Crippen LogP contribution is -2.55. The molecule has 38 heavy (non-hydrogen) atoms. The van der Waals surface area contributed by atoms with Gasteiger partial charge in [-0.15, -0.1) is 11.3 Å². The second-order valence-corrected chi connectivity index (χ2v) is 13.3. The van der Waals surface area contributed by atoms with Gasteiger partial charge in [-0.1, -0.05) is 12.1 Å². The van der Waals surface area contributed by atoms with Crippen LogP contribution in [0.15, 0.2) is 40.6 Å². The Labute approximate surface area is 228 Å². The summed E-state index contributed by atoms with van der Waals surface area (Å²) in [7, 11) is -2.31. The molecule has 2 amide bonds. The molecule has 0 radical (unpaired) electrons. The molecule has 206 valence electrons. The van der Waals surface area contributed by atoms with E-state index in [1.54, 1.807) is 19.2 Å². The number of amides is 2. The number of sulfonamides is 1. The first-order valence-corrected chi connectivity index (χ1v) is 15.7. The van der Waals surface area contributed by atoms with Crippen LogP contribution in [0.4, 0.5) is 0 Å². The topological polar surface area (TPSA) is 99.3 Å². The Balaban J connectivity index is 1.21. The van der Waals surface area contributed by atoms with E-state index >= 15 is 0 Å². The monoisotopic (exact) mass is 560 g/mol. The lowest BCUT2D eigenvalue weighted by molar-refractivity contribution is -0.143. The van der Waals surface area contributed by atoms with E-state index in [0.29, 0.717) is 25.1 Å². The molecule has 1 aromatic heterocycles. The van der Waals surface area contributed by atoms with Gasteiger partial charge in [0.2, 0.25) is 11.8 Å². The normalized spacial score (nSPS) is 22.8. The molecule has 1 N–H and O–H groups in total. The number of benzene rings is 1. The zero-order valence-electron chi connectivity index (χ0n) is 21.8. The first-order valence-electron chi connectivity index (χ1n) is 13.4. The first-order chi connectivity index (χ1) is 18.3. The number of rotatable bonds is 9. The van der Waals surface area contributed by atoms with E-state index < -0.39 is 16.1 Å². The second kappa shape index (κ2) is 11.7. The zero-order chi connectivity index (χ0) is 26.7. The van der Waals surface area contributed by atoms with Gasteiger partial charge < -0.3 is 19.4 Å². The number of carbonyl (C=O) groups is 2. The van der Waals surface area contributed by atoms with Crippen LogP contribution in [0.2, 0.25) is 0 Å². The number of carbonyl (C=O) groups excluding carboxylic acids is 2. The molecule has 11 heteroatoms. The van der Waals surface area contributed by atoms with Crippen molar-refractivity contribution in [2.75, 3.05) is 46.4 Å². The molecular weight excluding hydrogens is 524 g/mol. The molecule has 1 aromatic carbocycles. The predicted molar refractivity (Wildman–Crippen MR) is 147 cm³/mol. The fraction of sp³-hybridized carbons (Fsp3) is 0.556. The summed E-state index contributed by atoms with van der Waals surface area (Å²) in [4.78, 5) is 33.1. The first kappa shape index (κ1) is 27.1. The number of nitrogens with zero attached hydrogens (tertiary/aromatic N) is 3. The van der Waals surface area contributed by atoms with Crippen LogP contribution >= 0.6 is 11.3 Å². The molecule has 3 saturated heterocycles. The molecule has 3 aliphatic rings. The van der Waals surface area contributed by atoms with Crippen molar-refractivity contribution < 1.29 is 22.7 Å². The Morgan fingerprint density at radius 3 is 2.63 bits per heavy atom. The summed E-state index contributed by atoms with van der Waals surface area (Å²) in [5.41, 5.74) is 0.860. The number of ether oxygens (including phenoxy) is 1. The Kier molecular flexibility index (Phi) is 8.37. The van der Waals surface area contributed by atoms with Crippen molar-refractivity contribution in [1.82, 2.24) is 19.4 Å². The van der Waals surface area contributed by atoms with Crippen molar-refractivity contribution in [3.05, 3.63) is 36.4 Å². The van der Waals surface area contributed by atoms with Crippen LogP contribution in [0.5, 0.6) is 5.75 Å². The number of nitrogens with one attached hydrogen (secondary N) is 1. The summed E-state index contributed by atoms with van der Waals surface area (Å²) in [5.74, 6) is 0.329. The summed E-state index contributed by atoms with van der Waals surface area (Å²) >= 11 is 1.15. The summed E-state index contributed by atoms with van der Waals surface area (Å²) in [6, 6.07) is 10.1. The SMILES string of the molecule is COc1cccc(-c2ccc(S(=O)(=O)NC3CCCN(CC(=O)N4CCCC4CN4CCCC4)C3=O)s2)c1. The van der Waals surface area contributed by atoms with Gasteiger partial charge in [0, 0.05) is 30.6 Å². The number of hydrogen-bond donors (Lipinski definition) is 1. The van der Waals surface area contributed by atoms with Crippen LogP contribution in [0.25, 0.3) is 10.4 Å². The van der Waals surface area contributed by atoms with Gasteiger partial charge in [0.25, 0.3) is 10.0 Å². The second-order valence-electron chi connectivity index (χ2n) is 10.3. The Hall–Kier alpha value is -2.47. The van der Waals surface area contributed by atoms with E-state index in [1.165, 1.54) is 17.7 Å². The van der Waals surface area contributed by atoms with Crippen molar-refractivity contribution in [3.8, 4) is 16.2 Å². The fourth-order valence-electron chi connectivity index (χ4n) is 5.72. The number of hydrogen-bond acceptors (Lipinski definition) is 7. The highest BCUT2D eigenvalue weighted by molar-refractivity contribution is 7.91. The maximum Gasteiger partial charge on any atom is 0.250 e. The Morgan fingerprint density at radius 2 is 1.84 bits per heavy atom. The van der Waals surface area contributed by atoms with Gasteiger partial charge in [0.05, 0.1) is 13.7 Å². The molecule has 2 unspecified atom stereocenters. The van der Waals surface area contributed by atoms with Crippen LogP contribution in [-0.2, 0) is 19.6 Å². The van der Waals surface area contributed by atoms with Gasteiger partial charge in [-0.2, -0.15) is 4.72 Å². The summed E-state index contributed by atoms with van der Waals surface area (Å²) in [6.45, 7) is 4.29. The van der Waals surface area contributed by atoms with Crippen molar-refractivity contribution in [3.63, 3.8) is 0 Å². The van der Waals surface area contributed by atoms with Crippen molar-refractivity contribution in [1.29, 1.82) is 0 Å². The third-order valence-electron chi connectivity index (χ3n) is 7.72. The van der Waals surface area contributed by atoms with E-state index in [9.17, 15) is 18.0 Å². The van der Waals surface area contributed by atoms with Gasteiger partial charge in [-0.05, 0) is 81.4 Å². The highest BCUT2D eigenvalue weighted by Crippen LogP contribution is 2.33. The highest BCUT2D eigenvalue weighted by Gasteiger charge is 2.36. The number of piperidine rings is 1. The fourth-order valence-corrected chi connectivity index (χ4v) is 8.26. The molecule has 2 atom stereocenters. The number of likely N-dealkylation sites (tertiary alicyclic amines) is 3. The van der Waals surface area contributed by atoms with Crippen LogP contribution in [0, 0.1) is 0 Å². The number of methoxy groups -OCH3 is 1. The molecule has 0 bridgehead atoms. The van der Waals surface area contributed by atoms with Crippen molar-refractivity contribution >= 4 is 33.2 Å². The molecule has 3 aliphatic heterocycles. The maximum absolute atomic E-state index is 13.3. The average Bonchev–Trinajstić information content (AvgIpc) is 3.69. The maximum atomic E-state index is 13.3. The van der Waals surface area contributed by atoms with Crippen LogP contribution in [0.3, 0.4) is 0 Å². The van der Waals surface area contributed by atoms with Crippen LogP contribution < -0.4 is 9.46 Å². The molecule has 0 aliphatic carbocycles. The summed E-state index contributed by atoms with van der Waals surface area (Å²) < 4.78 is 34.4. The molecule has 9 nitrogen and oxygen atoms in total. The molecule has 0 spiro atoms. The van der Waals surface area contributed by atoms with E-state index in [-0.39, 0.29) is 28.6 Å². The predicted octanol–water partition coefficient (Wildman–Crippen LogP) is 2.78. The van der Waals surface area contributed by atoms with Gasteiger partial charge in [-0.25, -0.2) is 8.42 Å². The third-order valence-corrected chi connectivity index (χ3v) is 10.8. The number of thiophene rings is 1. The average molecular weight is 561 g/mol. The smallest absolute Gasteiger partial charge is 0.250 e. The lowest BCUT2D eigenvalue weighted by atomic mass is 10.1. The minimum atomic E-state index is -3.90. The molecule has 0 saturated carbocycles. The van der Waals surface area contributed by atoms with E-state index in [4.69, 9.17) is 4.74 Å². The largest absolute Gasteiger partial charge is 0.497 e. The van der Waals surface area contributed by atoms with E-state index in [1.807, 2.05) is 29.2 Å². The standard InChI is InChI=1S/C27H36N4O5S2/c1-36-22-9-4-7-20(17-22)24-11-12-26(37-24)38(34,35)28-23-10-6-15-30(27(23)33)19-25(32)31-16-5-8-21(31)18-29-13-2-3-14-29/h4,7,9,11-12,17,21,23,28H,2-3,5-6,8,10,13-16,18-19H2,1H3. The Bertz CT molecular complexity index is 1260. The summed E-state index contributed by atoms with van der Waals surface area (Å²) in [6.07, 6.45) is 5.47. The van der Waals surface area contributed by atoms with Gasteiger partial charge in [0.15, 0.2) is 0 Å². The molecule has 3 fully saturated rings.